The first kappa shape index (κ1) is 33.3. The SMILES string of the molecule is Cn1nc(-c2cccc(-n3ccc4cc(C(C)(C)CF)cc(F)c4c3=O)c2CN=O)cc(Nc2ccc(C(=O)N3CCOCC3)cn2)c1=O. The number of benzene rings is 2. The molecule has 3 aromatic heterocycles. The summed E-state index contributed by atoms with van der Waals surface area (Å²) in [5, 5.41) is 10.6. The van der Waals surface area contributed by atoms with Gasteiger partial charge < -0.3 is 15.0 Å². The number of aromatic nitrogens is 4. The number of hydrogen-bond acceptors (Lipinski definition) is 9. The Hall–Kier alpha value is -5.63. The van der Waals surface area contributed by atoms with E-state index in [0.717, 1.165) is 4.68 Å². The number of alkyl halides is 1. The highest BCUT2D eigenvalue weighted by Gasteiger charge is 2.24. The van der Waals surface area contributed by atoms with E-state index in [4.69, 9.17) is 4.74 Å². The number of nitrogens with zero attached hydrogens (tertiary/aromatic N) is 6. The van der Waals surface area contributed by atoms with Gasteiger partial charge in [0.15, 0.2) is 0 Å². The van der Waals surface area contributed by atoms with Gasteiger partial charge in [-0.1, -0.05) is 37.2 Å². The molecule has 252 valence electrons. The Labute approximate surface area is 278 Å². The number of hydrogen-bond donors (Lipinski definition) is 1. The Morgan fingerprint density at radius 2 is 1.84 bits per heavy atom. The summed E-state index contributed by atoms with van der Waals surface area (Å²) in [6.45, 7) is 4.15. The van der Waals surface area contributed by atoms with Crippen LogP contribution in [0.5, 0.6) is 0 Å². The molecule has 2 aromatic carbocycles. The Balaban J connectivity index is 1.38. The minimum absolute atomic E-state index is 0.111. The number of morpholine rings is 1. The van der Waals surface area contributed by atoms with Crippen molar-refractivity contribution in [1.82, 2.24) is 24.2 Å². The minimum atomic E-state index is -0.945. The number of amides is 1. The second-order valence-electron chi connectivity index (χ2n) is 12.4. The Bertz CT molecular complexity index is 2190. The number of pyridine rings is 2. The quantitative estimate of drug-likeness (QED) is 0.216. The summed E-state index contributed by atoms with van der Waals surface area (Å²) in [7, 11) is 1.46. The highest BCUT2D eigenvalue weighted by molar-refractivity contribution is 5.94. The predicted molar refractivity (Wildman–Crippen MR) is 181 cm³/mol. The summed E-state index contributed by atoms with van der Waals surface area (Å²) in [5.74, 6) is -0.652. The van der Waals surface area contributed by atoms with Gasteiger partial charge in [0.2, 0.25) is 0 Å². The molecule has 1 aliphatic rings. The summed E-state index contributed by atoms with van der Waals surface area (Å²) in [6.07, 6.45) is 2.89. The topological polar surface area (TPSA) is 141 Å². The molecule has 0 atom stereocenters. The van der Waals surface area contributed by atoms with Crippen molar-refractivity contribution in [2.24, 2.45) is 12.2 Å². The van der Waals surface area contributed by atoms with Crippen molar-refractivity contribution in [3.8, 4) is 16.9 Å². The Morgan fingerprint density at radius 3 is 2.53 bits per heavy atom. The van der Waals surface area contributed by atoms with Gasteiger partial charge >= 0.3 is 0 Å². The van der Waals surface area contributed by atoms with E-state index in [1.165, 1.54) is 36.1 Å². The number of carbonyl (C=O) groups excluding carboxylic acids is 1. The Kier molecular flexibility index (Phi) is 9.15. The molecule has 4 heterocycles. The summed E-state index contributed by atoms with van der Waals surface area (Å²) in [4.78, 5) is 57.4. The van der Waals surface area contributed by atoms with Crippen LogP contribution in [-0.2, 0) is 23.7 Å². The molecule has 1 aliphatic heterocycles. The summed E-state index contributed by atoms with van der Waals surface area (Å²) in [5.41, 5.74) is 0.0978. The molecule has 6 rings (SSSR count). The fourth-order valence-corrected chi connectivity index (χ4v) is 5.77. The number of ether oxygens (including phenoxy) is 1. The van der Waals surface area contributed by atoms with Gasteiger partial charge in [-0.25, -0.2) is 14.1 Å². The highest BCUT2D eigenvalue weighted by atomic mass is 19.1. The first-order valence-corrected chi connectivity index (χ1v) is 15.5. The zero-order valence-corrected chi connectivity index (χ0v) is 27.1. The lowest BCUT2D eigenvalue weighted by Gasteiger charge is -2.26. The number of aryl methyl sites for hydroxylation is 1. The van der Waals surface area contributed by atoms with Crippen LogP contribution >= 0.6 is 0 Å². The third-order valence-electron chi connectivity index (χ3n) is 8.62. The standard InChI is InChI=1S/C35H33F2N7O5/c1-35(2,20-36)23-15-21-9-10-44(34(47)31(21)26(37)16-23)29-6-4-5-24(25(29)19-39-48)27-17-28(33(46)42(3)41-27)40-30-8-7-22(18-38-30)32(45)43-11-13-49-14-12-43/h4-10,15-18H,11-14,19-20H2,1-3H3,(H,38,40). The van der Waals surface area contributed by atoms with E-state index in [0.29, 0.717) is 59.8 Å². The van der Waals surface area contributed by atoms with Crippen LogP contribution in [0.4, 0.5) is 20.3 Å². The number of carbonyl (C=O) groups is 1. The zero-order chi connectivity index (χ0) is 34.9. The van der Waals surface area contributed by atoms with E-state index >= 15 is 4.39 Å². The van der Waals surface area contributed by atoms with Crippen LogP contribution in [0.25, 0.3) is 27.7 Å². The second-order valence-corrected chi connectivity index (χ2v) is 12.4. The molecule has 0 radical (unpaired) electrons. The molecule has 1 amide bonds. The average molecular weight is 670 g/mol. The molecule has 12 nitrogen and oxygen atoms in total. The smallest absolute Gasteiger partial charge is 0.290 e. The number of fused-ring (bicyclic) bond motifs is 1. The minimum Gasteiger partial charge on any atom is -0.378 e. The molecule has 0 aliphatic carbocycles. The lowest BCUT2D eigenvalue weighted by atomic mass is 9.85. The van der Waals surface area contributed by atoms with Crippen LogP contribution in [0.3, 0.4) is 0 Å². The number of halogens is 2. The molecule has 5 aromatic rings. The van der Waals surface area contributed by atoms with Gasteiger partial charge in [-0.15, -0.1) is 0 Å². The van der Waals surface area contributed by atoms with Gasteiger partial charge in [0.05, 0.1) is 42.2 Å². The molecule has 0 spiro atoms. The first-order chi connectivity index (χ1) is 23.5. The molecule has 0 bridgehead atoms. The highest BCUT2D eigenvalue weighted by Crippen LogP contribution is 2.31. The fraction of sp³-hybridized carbons (Fsp3) is 0.286. The third-order valence-corrected chi connectivity index (χ3v) is 8.62. The normalized spacial score (nSPS) is 13.4. The number of anilines is 2. The van der Waals surface area contributed by atoms with Gasteiger partial charge in [0, 0.05) is 49.1 Å². The van der Waals surface area contributed by atoms with E-state index in [2.05, 4.69) is 20.6 Å². The summed E-state index contributed by atoms with van der Waals surface area (Å²) in [6, 6.07) is 13.9. The molecular formula is C35H33F2N7O5. The van der Waals surface area contributed by atoms with E-state index in [1.807, 2.05) is 0 Å². The molecule has 0 saturated carbocycles. The summed E-state index contributed by atoms with van der Waals surface area (Å²) < 4.78 is 36.7. The van der Waals surface area contributed by atoms with Gasteiger partial charge in [-0.05, 0) is 47.3 Å². The molecule has 49 heavy (non-hydrogen) atoms. The molecule has 14 heteroatoms. The van der Waals surface area contributed by atoms with Crippen molar-refractivity contribution in [2.45, 2.75) is 25.8 Å². The van der Waals surface area contributed by atoms with E-state index in [1.54, 1.807) is 61.2 Å². The van der Waals surface area contributed by atoms with Gasteiger partial charge in [-0.3, -0.25) is 23.3 Å². The number of rotatable bonds is 9. The van der Waals surface area contributed by atoms with Gasteiger partial charge in [-0.2, -0.15) is 10.0 Å². The van der Waals surface area contributed by atoms with Crippen molar-refractivity contribution in [3.63, 3.8) is 0 Å². The van der Waals surface area contributed by atoms with Crippen molar-refractivity contribution >= 4 is 28.2 Å². The average Bonchev–Trinajstić information content (AvgIpc) is 3.11. The molecule has 1 saturated heterocycles. The van der Waals surface area contributed by atoms with E-state index in [-0.39, 0.29) is 34.9 Å². The summed E-state index contributed by atoms with van der Waals surface area (Å²) >= 11 is 0. The van der Waals surface area contributed by atoms with Crippen LogP contribution in [0.2, 0.25) is 0 Å². The predicted octanol–water partition coefficient (Wildman–Crippen LogP) is 5.02. The lowest BCUT2D eigenvalue weighted by Crippen LogP contribution is -2.40. The number of nitrogens with one attached hydrogen (secondary N) is 1. The van der Waals surface area contributed by atoms with Crippen molar-refractivity contribution in [3.05, 3.63) is 115 Å². The zero-order valence-electron chi connectivity index (χ0n) is 27.1. The second kappa shape index (κ2) is 13.5. The van der Waals surface area contributed by atoms with Crippen molar-refractivity contribution in [2.75, 3.05) is 38.3 Å². The maximum absolute atomic E-state index is 15.4. The Morgan fingerprint density at radius 1 is 1.06 bits per heavy atom. The molecule has 1 N–H and O–H groups in total. The molecular weight excluding hydrogens is 636 g/mol. The lowest BCUT2D eigenvalue weighted by molar-refractivity contribution is 0.0302. The van der Waals surface area contributed by atoms with Crippen LogP contribution in [0, 0.1) is 10.7 Å². The first-order valence-electron chi connectivity index (χ1n) is 15.5. The van der Waals surface area contributed by atoms with Crippen LogP contribution < -0.4 is 16.4 Å². The van der Waals surface area contributed by atoms with Gasteiger partial charge in [0.25, 0.3) is 17.0 Å². The molecule has 1 fully saturated rings. The number of nitroso groups, excluding NO2 is 1. The van der Waals surface area contributed by atoms with E-state index in [9.17, 15) is 23.7 Å². The molecule has 0 unspecified atom stereocenters. The largest absolute Gasteiger partial charge is 0.378 e. The maximum atomic E-state index is 15.4. The fourth-order valence-electron chi connectivity index (χ4n) is 5.77. The van der Waals surface area contributed by atoms with Crippen LogP contribution in [0.1, 0.15) is 35.3 Å². The van der Waals surface area contributed by atoms with Crippen LogP contribution in [-0.4, -0.2) is 63.1 Å². The van der Waals surface area contributed by atoms with Crippen LogP contribution in [0.15, 0.2) is 81.8 Å². The van der Waals surface area contributed by atoms with Crippen molar-refractivity contribution in [1.29, 1.82) is 0 Å². The van der Waals surface area contributed by atoms with Crippen molar-refractivity contribution < 1.29 is 18.3 Å². The van der Waals surface area contributed by atoms with E-state index < -0.39 is 29.0 Å². The third kappa shape index (κ3) is 6.46. The van der Waals surface area contributed by atoms with Gasteiger partial charge in [0.1, 0.15) is 23.9 Å². The monoisotopic (exact) mass is 669 g/mol. The maximum Gasteiger partial charge on any atom is 0.290 e.